The molecule has 1 atom stereocenters. The first-order valence-electron chi connectivity index (χ1n) is 8.95. The number of hydrogen-bond acceptors (Lipinski definition) is 6. The number of rotatable bonds is 8. The number of methoxy groups -OCH3 is 2. The highest BCUT2D eigenvalue weighted by Crippen LogP contribution is 2.29. The number of ketones is 1. The van der Waals surface area contributed by atoms with Crippen molar-refractivity contribution in [3.05, 3.63) is 76.0 Å². The van der Waals surface area contributed by atoms with Gasteiger partial charge in [0.25, 0.3) is 5.91 Å². The van der Waals surface area contributed by atoms with Gasteiger partial charge in [-0.2, -0.15) is 0 Å². The summed E-state index contributed by atoms with van der Waals surface area (Å²) in [6, 6.07) is 15.9. The summed E-state index contributed by atoms with van der Waals surface area (Å²) in [5.74, 6) is 0.525. The molecular weight excluding hydrogens is 388 g/mol. The number of thiophene rings is 1. The molecule has 3 rings (SSSR count). The van der Waals surface area contributed by atoms with Gasteiger partial charge in [-0.3, -0.25) is 9.59 Å². The van der Waals surface area contributed by atoms with Gasteiger partial charge < -0.3 is 20.1 Å². The van der Waals surface area contributed by atoms with Gasteiger partial charge in [-0.15, -0.1) is 11.3 Å². The Morgan fingerprint density at radius 1 is 1.00 bits per heavy atom. The first-order chi connectivity index (χ1) is 14.0. The van der Waals surface area contributed by atoms with Crippen molar-refractivity contribution in [2.45, 2.75) is 13.1 Å². The maximum absolute atomic E-state index is 13.2. The summed E-state index contributed by atoms with van der Waals surface area (Å²) in [4.78, 5) is 26.3. The first kappa shape index (κ1) is 20.4. The summed E-state index contributed by atoms with van der Waals surface area (Å²) < 4.78 is 10.7. The zero-order chi connectivity index (χ0) is 20.8. The summed E-state index contributed by atoms with van der Waals surface area (Å²) in [6.45, 7) is 1.95. The zero-order valence-electron chi connectivity index (χ0n) is 16.4. The summed E-state index contributed by atoms with van der Waals surface area (Å²) in [5.41, 5.74) is 2.06. The van der Waals surface area contributed by atoms with E-state index in [1.54, 1.807) is 49.6 Å². The van der Waals surface area contributed by atoms with Gasteiger partial charge in [0.1, 0.15) is 11.5 Å². The molecular formula is C22H22N2O4S. The monoisotopic (exact) mass is 410 g/mol. The van der Waals surface area contributed by atoms with Gasteiger partial charge in [0.2, 0.25) is 5.78 Å². The van der Waals surface area contributed by atoms with Crippen LogP contribution in [0.15, 0.2) is 60.0 Å². The molecule has 0 aliphatic carbocycles. The van der Waals surface area contributed by atoms with Crippen molar-refractivity contribution in [2.75, 3.05) is 19.5 Å². The van der Waals surface area contributed by atoms with E-state index in [-0.39, 0.29) is 11.7 Å². The highest BCUT2D eigenvalue weighted by Gasteiger charge is 2.24. The van der Waals surface area contributed by atoms with E-state index in [0.29, 0.717) is 27.6 Å². The minimum absolute atomic E-state index is 0.264. The van der Waals surface area contributed by atoms with Crippen LogP contribution in [0.1, 0.15) is 25.6 Å². The number of nitrogens with one attached hydrogen (secondary N) is 2. The summed E-state index contributed by atoms with van der Waals surface area (Å²) >= 11 is 1.31. The maximum atomic E-state index is 13.2. The lowest BCUT2D eigenvalue weighted by Gasteiger charge is -2.22. The van der Waals surface area contributed by atoms with E-state index in [1.807, 2.05) is 24.4 Å². The Morgan fingerprint density at radius 3 is 2.38 bits per heavy atom. The highest BCUT2D eigenvalue weighted by atomic mass is 32.1. The van der Waals surface area contributed by atoms with Crippen LogP contribution in [0.25, 0.3) is 0 Å². The molecule has 7 heteroatoms. The van der Waals surface area contributed by atoms with Gasteiger partial charge in [0.15, 0.2) is 6.17 Å². The SMILES string of the molecule is COc1ccc(OC)c(NC(NC(=O)c2cccs2)C(=O)c2ccc(C)cc2)c1. The highest BCUT2D eigenvalue weighted by molar-refractivity contribution is 7.12. The van der Waals surface area contributed by atoms with Crippen LogP contribution in [0.2, 0.25) is 0 Å². The average molecular weight is 410 g/mol. The lowest BCUT2D eigenvalue weighted by molar-refractivity contribution is 0.0871. The Balaban J connectivity index is 1.93. The molecule has 0 saturated carbocycles. The van der Waals surface area contributed by atoms with E-state index in [2.05, 4.69) is 10.6 Å². The second-order valence-corrected chi connectivity index (χ2v) is 7.27. The molecule has 2 aromatic carbocycles. The van der Waals surface area contributed by atoms with Crippen molar-refractivity contribution in [2.24, 2.45) is 0 Å². The third kappa shape index (κ3) is 4.94. The topological polar surface area (TPSA) is 76.7 Å². The molecule has 0 radical (unpaired) electrons. The van der Waals surface area contributed by atoms with E-state index in [0.717, 1.165) is 5.56 Å². The fourth-order valence-corrected chi connectivity index (χ4v) is 3.37. The largest absolute Gasteiger partial charge is 0.497 e. The van der Waals surface area contributed by atoms with Crippen LogP contribution < -0.4 is 20.1 Å². The lowest BCUT2D eigenvalue weighted by Crippen LogP contribution is -2.46. The van der Waals surface area contributed by atoms with E-state index >= 15 is 0 Å². The van der Waals surface area contributed by atoms with Crippen LogP contribution in [0, 0.1) is 6.92 Å². The van der Waals surface area contributed by atoms with Crippen LogP contribution in [0.5, 0.6) is 11.5 Å². The number of anilines is 1. The van der Waals surface area contributed by atoms with Gasteiger partial charge in [-0.1, -0.05) is 35.9 Å². The van der Waals surface area contributed by atoms with E-state index in [9.17, 15) is 9.59 Å². The fourth-order valence-electron chi connectivity index (χ4n) is 2.74. The Bertz CT molecular complexity index is 985. The molecule has 0 bridgehead atoms. The second kappa shape index (κ2) is 9.25. The molecule has 0 aliphatic rings. The standard InChI is InChI=1S/C22H22N2O4S/c1-14-6-8-15(9-7-14)20(25)21(24-22(26)19-5-4-12-29-19)23-17-13-16(27-2)10-11-18(17)28-3/h4-13,21,23H,1-3H3,(H,24,26). The fraction of sp³-hybridized carbons (Fsp3) is 0.182. The van der Waals surface area contributed by atoms with Crippen LogP contribution in [-0.4, -0.2) is 32.1 Å². The van der Waals surface area contributed by atoms with Crippen LogP contribution in [0.3, 0.4) is 0 Å². The first-order valence-corrected chi connectivity index (χ1v) is 9.83. The Labute approximate surface area is 173 Å². The number of ether oxygens (including phenoxy) is 2. The molecule has 0 aliphatic heterocycles. The summed E-state index contributed by atoms with van der Waals surface area (Å²) in [6.07, 6.45) is -0.992. The number of hydrogen-bond donors (Lipinski definition) is 2. The predicted molar refractivity (Wildman–Crippen MR) is 114 cm³/mol. The van der Waals surface area contributed by atoms with Gasteiger partial charge in [0.05, 0.1) is 24.8 Å². The average Bonchev–Trinajstić information content (AvgIpc) is 3.28. The molecule has 3 aromatic rings. The summed E-state index contributed by atoms with van der Waals surface area (Å²) in [5, 5.41) is 7.69. The smallest absolute Gasteiger partial charge is 0.263 e. The van der Waals surface area contributed by atoms with Crippen molar-refractivity contribution < 1.29 is 19.1 Å². The molecule has 1 amide bonds. The third-order valence-corrected chi connectivity index (χ3v) is 5.19. The molecule has 29 heavy (non-hydrogen) atoms. The number of benzene rings is 2. The second-order valence-electron chi connectivity index (χ2n) is 6.32. The van der Waals surface area contributed by atoms with E-state index in [1.165, 1.54) is 18.4 Å². The molecule has 0 spiro atoms. The van der Waals surface area contributed by atoms with Gasteiger partial charge in [-0.05, 0) is 30.5 Å². The maximum Gasteiger partial charge on any atom is 0.263 e. The lowest BCUT2D eigenvalue weighted by atomic mass is 10.1. The predicted octanol–water partition coefficient (Wildman–Crippen LogP) is 4.12. The number of amides is 1. The Hall–Kier alpha value is -3.32. The quantitative estimate of drug-likeness (QED) is 0.431. The van der Waals surface area contributed by atoms with Crippen LogP contribution >= 0.6 is 11.3 Å². The van der Waals surface area contributed by atoms with Crippen molar-refractivity contribution in [1.29, 1.82) is 0 Å². The Kier molecular flexibility index (Phi) is 6.51. The van der Waals surface area contributed by atoms with Crippen molar-refractivity contribution in [1.82, 2.24) is 5.32 Å². The van der Waals surface area contributed by atoms with Crippen molar-refractivity contribution in [3.8, 4) is 11.5 Å². The Morgan fingerprint density at radius 2 is 1.76 bits per heavy atom. The molecule has 1 heterocycles. The molecule has 6 nitrogen and oxygen atoms in total. The number of Topliss-reactive ketones (excluding diaryl/α,β-unsaturated/α-hetero) is 1. The number of carbonyl (C=O) groups is 2. The van der Waals surface area contributed by atoms with E-state index < -0.39 is 6.17 Å². The van der Waals surface area contributed by atoms with Crippen molar-refractivity contribution >= 4 is 28.7 Å². The molecule has 0 fully saturated rings. The zero-order valence-corrected chi connectivity index (χ0v) is 17.2. The number of carbonyl (C=O) groups excluding carboxylic acids is 2. The van der Waals surface area contributed by atoms with Crippen LogP contribution in [0.4, 0.5) is 5.69 Å². The number of aryl methyl sites for hydroxylation is 1. The minimum Gasteiger partial charge on any atom is -0.497 e. The van der Waals surface area contributed by atoms with Gasteiger partial charge in [0, 0.05) is 11.6 Å². The molecule has 1 unspecified atom stereocenters. The molecule has 0 saturated heterocycles. The molecule has 2 N–H and O–H groups in total. The third-order valence-electron chi connectivity index (χ3n) is 4.33. The molecule has 1 aromatic heterocycles. The van der Waals surface area contributed by atoms with E-state index in [4.69, 9.17) is 9.47 Å². The van der Waals surface area contributed by atoms with Crippen LogP contribution in [-0.2, 0) is 0 Å². The normalized spacial score (nSPS) is 11.4. The summed E-state index contributed by atoms with van der Waals surface area (Å²) in [7, 11) is 3.09. The van der Waals surface area contributed by atoms with Gasteiger partial charge in [-0.25, -0.2) is 0 Å². The minimum atomic E-state index is -0.992. The van der Waals surface area contributed by atoms with Gasteiger partial charge >= 0.3 is 0 Å². The molecule has 150 valence electrons. The van der Waals surface area contributed by atoms with Crippen molar-refractivity contribution in [3.63, 3.8) is 0 Å².